The first kappa shape index (κ1) is 15.6. The molecular weight excluding hydrogens is 247 g/mol. The molecule has 0 atom stereocenters. The molecule has 2 rings (SSSR count). The van der Waals surface area contributed by atoms with Crippen LogP contribution in [-0.2, 0) is 15.7 Å². The molecule has 2 nitrogen and oxygen atoms in total. The van der Waals surface area contributed by atoms with Gasteiger partial charge in [0.25, 0.3) is 0 Å². The van der Waals surface area contributed by atoms with Crippen molar-refractivity contribution in [2.24, 2.45) is 5.92 Å². The molecular formula is C17H27BO2. The highest BCUT2D eigenvalue weighted by atomic mass is 16.6. The van der Waals surface area contributed by atoms with Gasteiger partial charge in [-0.2, -0.15) is 0 Å². The van der Waals surface area contributed by atoms with E-state index in [-0.39, 0.29) is 7.12 Å². The molecule has 1 aliphatic rings. The molecule has 0 bridgehead atoms. The van der Waals surface area contributed by atoms with Crippen LogP contribution < -0.4 is 5.46 Å². The first-order valence-electron chi connectivity index (χ1n) is 8.15. The molecule has 0 unspecified atom stereocenters. The number of aryl methyl sites for hydroxylation is 1. The van der Waals surface area contributed by atoms with Crippen LogP contribution in [0.25, 0.3) is 0 Å². The van der Waals surface area contributed by atoms with Gasteiger partial charge in [0.2, 0.25) is 0 Å². The molecule has 1 aromatic rings. The third-order valence-electron chi connectivity index (χ3n) is 3.97. The summed E-state index contributed by atoms with van der Waals surface area (Å²) < 4.78 is 11.8. The number of rotatable bonds is 7. The van der Waals surface area contributed by atoms with Gasteiger partial charge in [0.05, 0.1) is 0 Å². The topological polar surface area (TPSA) is 18.5 Å². The largest absolute Gasteiger partial charge is 0.493 e. The Bertz CT molecular complexity index is 369. The molecule has 1 heterocycles. The lowest BCUT2D eigenvalue weighted by atomic mass is 9.77. The minimum Gasteiger partial charge on any atom is -0.407 e. The van der Waals surface area contributed by atoms with E-state index in [2.05, 4.69) is 38.1 Å². The summed E-state index contributed by atoms with van der Waals surface area (Å²) in [5.74, 6) is 0.581. The minimum atomic E-state index is -0.159. The highest BCUT2D eigenvalue weighted by Crippen LogP contribution is 2.16. The first-order chi connectivity index (χ1) is 9.83. The molecule has 110 valence electrons. The van der Waals surface area contributed by atoms with Gasteiger partial charge in [-0.15, -0.1) is 0 Å². The summed E-state index contributed by atoms with van der Waals surface area (Å²) >= 11 is 0. The van der Waals surface area contributed by atoms with Gasteiger partial charge in [0.1, 0.15) is 0 Å². The number of hydrogen-bond donors (Lipinski definition) is 0. The van der Waals surface area contributed by atoms with Gasteiger partial charge in [-0.25, -0.2) is 0 Å². The summed E-state index contributed by atoms with van der Waals surface area (Å²) in [4.78, 5) is 0. The average Bonchev–Trinajstić information content (AvgIpc) is 2.49. The van der Waals surface area contributed by atoms with E-state index in [4.69, 9.17) is 9.31 Å². The Hall–Kier alpha value is -0.795. The van der Waals surface area contributed by atoms with Crippen LogP contribution in [0.4, 0.5) is 0 Å². The lowest BCUT2D eigenvalue weighted by Gasteiger charge is -2.27. The summed E-state index contributed by atoms with van der Waals surface area (Å²) in [7, 11) is -0.159. The van der Waals surface area contributed by atoms with Crippen molar-refractivity contribution in [2.45, 2.75) is 52.4 Å². The van der Waals surface area contributed by atoms with Crippen molar-refractivity contribution in [1.82, 2.24) is 0 Å². The predicted molar refractivity (Wildman–Crippen MR) is 85.4 cm³/mol. The van der Waals surface area contributed by atoms with Crippen LogP contribution in [-0.4, -0.2) is 20.3 Å². The molecule has 0 spiro atoms. The van der Waals surface area contributed by atoms with Crippen LogP contribution in [0.2, 0.25) is 0 Å². The lowest BCUT2D eigenvalue weighted by molar-refractivity contribution is 0.0811. The third kappa shape index (κ3) is 4.64. The second-order valence-corrected chi connectivity index (χ2v) is 5.85. The fraction of sp³-hybridized carbons (Fsp3) is 0.647. The maximum Gasteiger partial charge on any atom is 0.493 e. The number of hydrogen-bond acceptors (Lipinski definition) is 2. The maximum atomic E-state index is 5.88. The normalized spacial score (nSPS) is 16.6. The fourth-order valence-corrected chi connectivity index (χ4v) is 2.72. The van der Waals surface area contributed by atoms with Crippen LogP contribution >= 0.6 is 0 Å². The smallest absolute Gasteiger partial charge is 0.407 e. The Labute approximate surface area is 124 Å². The Balaban J connectivity index is 1.78. The average molecular weight is 274 g/mol. The zero-order valence-corrected chi connectivity index (χ0v) is 12.9. The SMILES string of the molecule is CCCCCC1COB(c2ccc(CCC)cc2)OC1. The lowest BCUT2D eigenvalue weighted by Crippen LogP contribution is -2.44. The van der Waals surface area contributed by atoms with Gasteiger partial charge in [-0.3, -0.25) is 0 Å². The Morgan fingerprint density at radius 1 is 1.00 bits per heavy atom. The molecule has 1 aromatic carbocycles. The second kappa shape index (κ2) is 8.48. The molecule has 0 aromatic heterocycles. The molecule has 0 amide bonds. The van der Waals surface area contributed by atoms with Crippen molar-refractivity contribution in [3.8, 4) is 0 Å². The standard InChI is InChI=1S/C17H27BO2/c1-3-5-6-8-16-13-19-18(20-14-16)17-11-9-15(7-4-2)10-12-17/h9-12,16H,3-8,13-14H2,1-2H3. The van der Waals surface area contributed by atoms with Crippen molar-refractivity contribution in [3.63, 3.8) is 0 Å². The molecule has 0 aliphatic carbocycles. The van der Waals surface area contributed by atoms with Gasteiger partial charge in [-0.05, 0) is 23.9 Å². The second-order valence-electron chi connectivity index (χ2n) is 5.85. The monoisotopic (exact) mass is 274 g/mol. The fourth-order valence-electron chi connectivity index (χ4n) is 2.72. The molecule has 1 aliphatic heterocycles. The molecule has 1 fully saturated rings. The first-order valence-corrected chi connectivity index (χ1v) is 8.15. The van der Waals surface area contributed by atoms with Gasteiger partial charge >= 0.3 is 7.12 Å². The zero-order valence-electron chi connectivity index (χ0n) is 12.9. The van der Waals surface area contributed by atoms with Crippen molar-refractivity contribution in [2.75, 3.05) is 13.2 Å². The molecule has 20 heavy (non-hydrogen) atoms. The molecule has 3 heteroatoms. The third-order valence-corrected chi connectivity index (χ3v) is 3.97. The van der Waals surface area contributed by atoms with E-state index in [0.29, 0.717) is 5.92 Å². The Morgan fingerprint density at radius 2 is 1.70 bits per heavy atom. The quantitative estimate of drug-likeness (QED) is 0.559. The summed E-state index contributed by atoms with van der Waals surface area (Å²) in [6.07, 6.45) is 7.46. The van der Waals surface area contributed by atoms with Gasteiger partial charge in [-0.1, -0.05) is 63.8 Å². The zero-order chi connectivity index (χ0) is 14.2. The summed E-state index contributed by atoms with van der Waals surface area (Å²) in [6.45, 7) is 6.13. The molecule has 0 radical (unpaired) electrons. The Kier molecular flexibility index (Phi) is 6.61. The predicted octanol–water partition coefficient (Wildman–Crippen LogP) is 3.58. The van der Waals surface area contributed by atoms with Crippen LogP contribution in [0.3, 0.4) is 0 Å². The van der Waals surface area contributed by atoms with Gasteiger partial charge in [0, 0.05) is 19.1 Å². The van der Waals surface area contributed by atoms with Crippen LogP contribution in [0.15, 0.2) is 24.3 Å². The van der Waals surface area contributed by atoms with Crippen molar-refractivity contribution in [1.29, 1.82) is 0 Å². The number of unbranched alkanes of at least 4 members (excludes halogenated alkanes) is 2. The van der Waals surface area contributed by atoms with E-state index >= 15 is 0 Å². The highest BCUT2D eigenvalue weighted by Gasteiger charge is 2.28. The number of benzene rings is 1. The summed E-state index contributed by atoms with van der Waals surface area (Å²) in [6, 6.07) is 8.68. The summed E-state index contributed by atoms with van der Waals surface area (Å²) in [5.41, 5.74) is 2.54. The van der Waals surface area contributed by atoms with E-state index in [1.165, 1.54) is 37.7 Å². The van der Waals surface area contributed by atoms with Gasteiger partial charge < -0.3 is 9.31 Å². The molecule has 0 N–H and O–H groups in total. The van der Waals surface area contributed by atoms with E-state index in [9.17, 15) is 0 Å². The van der Waals surface area contributed by atoms with E-state index in [1.54, 1.807) is 0 Å². The van der Waals surface area contributed by atoms with Crippen molar-refractivity contribution in [3.05, 3.63) is 29.8 Å². The van der Waals surface area contributed by atoms with E-state index in [1.807, 2.05) is 0 Å². The van der Waals surface area contributed by atoms with Crippen molar-refractivity contribution < 1.29 is 9.31 Å². The minimum absolute atomic E-state index is 0.159. The highest BCUT2D eigenvalue weighted by molar-refractivity contribution is 6.61. The van der Waals surface area contributed by atoms with Crippen LogP contribution in [0, 0.1) is 5.92 Å². The summed E-state index contributed by atoms with van der Waals surface area (Å²) in [5, 5.41) is 0. The van der Waals surface area contributed by atoms with Crippen molar-refractivity contribution >= 4 is 12.6 Å². The maximum absolute atomic E-state index is 5.88. The van der Waals surface area contributed by atoms with Crippen LogP contribution in [0.1, 0.15) is 51.5 Å². The molecule has 1 saturated heterocycles. The molecule has 0 saturated carbocycles. The van der Waals surface area contributed by atoms with E-state index < -0.39 is 0 Å². The van der Waals surface area contributed by atoms with Crippen LogP contribution in [0.5, 0.6) is 0 Å². The Morgan fingerprint density at radius 3 is 2.30 bits per heavy atom. The van der Waals surface area contributed by atoms with E-state index in [0.717, 1.165) is 25.1 Å². The van der Waals surface area contributed by atoms with Gasteiger partial charge in [0.15, 0.2) is 0 Å².